The molecule has 1 saturated carbocycles. The molecule has 0 bridgehead atoms. The minimum Gasteiger partial charge on any atom is -0.478 e. The molecule has 4 atom stereocenters. The highest BCUT2D eigenvalue weighted by molar-refractivity contribution is 5.89. The van der Waals surface area contributed by atoms with Gasteiger partial charge >= 0.3 is 12.1 Å². The van der Waals surface area contributed by atoms with Gasteiger partial charge in [-0.25, -0.2) is 9.18 Å². The lowest BCUT2D eigenvalue weighted by molar-refractivity contribution is -0.144. The third-order valence-corrected chi connectivity index (χ3v) is 9.80. The molecule has 1 N–H and O–H groups in total. The monoisotopic (exact) mass is 573 g/mol. The lowest BCUT2D eigenvalue weighted by Gasteiger charge is -2.31. The average Bonchev–Trinajstić information content (AvgIpc) is 3.72. The summed E-state index contributed by atoms with van der Waals surface area (Å²) in [5, 5.41) is 9.23. The topological polar surface area (TPSA) is 64.1 Å². The van der Waals surface area contributed by atoms with Crippen molar-refractivity contribution >= 4 is 17.6 Å². The Morgan fingerprint density at radius 3 is 2.15 bits per heavy atom. The molecule has 0 spiro atoms. The molecule has 4 aliphatic rings. The Morgan fingerprint density at radius 1 is 0.927 bits per heavy atom. The van der Waals surface area contributed by atoms with Crippen LogP contribution in [0.5, 0.6) is 0 Å². The van der Waals surface area contributed by atoms with Crippen LogP contribution in [-0.4, -0.2) is 77.8 Å². The summed E-state index contributed by atoms with van der Waals surface area (Å²) in [6, 6.07) is 9.84. The van der Waals surface area contributed by atoms with Gasteiger partial charge in [-0.1, -0.05) is 31.9 Å². The molecule has 1 aliphatic carbocycles. The number of nitrogens with zero attached hydrogens (tertiary/aromatic N) is 3. The van der Waals surface area contributed by atoms with Crippen molar-refractivity contribution in [3.05, 3.63) is 53.6 Å². The Balaban J connectivity index is 1.18. The van der Waals surface area contributed by atoms with Gasteiger partial charge < -0.3 is 14.9 Å². The highest BCUT2D eigenvalue weighted by atomic mass is 19.4. The summed E-state index contributed by atoms with van der Waals surface area (Å²) >= 11 is 0. The van der Waals surface area contributed by atoms with E-state index in [2.05, 4.69) is 4.90 Å². The lowest BCUT2D eigenvalue weighted by Crippen LogP contribution is -2.51. The zero-order valence-electron chi connectivity index (χ0n) is 23.0. The van der Waals surface area contributed by atoms with Gasteiger partial charge in [-0.05, 0) is 48.7 Å². The molecule has 0 unspecified atom stereocenters. The molecule has 10 heteroatoms. The first-order valence-corrected chi connectivity index (χ1v) is 14.5. The van der Waals surface area contributed by atoms with E-state index in [0.29, 0.717) is 55.6 Å². The van der Waals surface area contributed by atoms with Crippen molar-refractivity contribution in [1.29, 1.82) is 0 Å². The van der Waals surface area contributed by atoms with Crippen molar-refractivity contribution in [1.82, 2.24) is 9.80 Å². The normalized spacial score (nSPS) is 29.0. The maximum Gasteiger partial charge on any atom is 0.416 e. The molecule has 3 saturated heterocycles. The smallest absolute Gasteiger partial charge is 0.416 e. The number of hydrogen-bond donors (Lipinski definition) is 1. The van der Waals surface area contributed by atoms with Gasteiger partial charge in [-0.15, -0.1) is 0 Å². The molecular weight excluding hydrogens is 538 g/mol. The van der Waals surface area contributed by atoms with Gasteiger partial charge in [0.15, 0.2) is 0 Å². The molecule has 6 nitrogen and oxygen atoms in total. The van der Waals surface area contributed by atoms with Crippen molar-refractivity contribution in [2.75, 3.05) is 44.2 Å². The van der Waals surface area contributed by atoms with Gasteiger partial charge in [-0.2, -0.15) is 13.2 Å². The van der Waals surface area contributed by atoms with E-state index in [0.717, 1.165) is 37.8 Å². The zero-order valence-corrected chi connectivity index (χ0v) is 23.0. The third kappa shape index (κ3) is 5.08. The Bertz CT molecular complexity index is 1310. The summed E-state index contributed by atoms with van der Waals surface area (Å²) in [6.45, 7) is 4.56. The van der Waals surface area contributed by atoms with Crippen LogP contribution in [0.2, 0.25) is 0 Å². The van der Waals surface area contributed by atoms with Gasteiger partial charge in [0.05, 0.1) is 11.1 Å². The number of anilines is 1. The van der Waals surface area contributed by atoms with E-state index >= 15 is 4.39 Å². The first-order chi connectivity index (χ1) is 19.4. The fraction of sp³-hybridized carbons (Fsp3) is 0.548. The van der Waals surface area contributed by atoms with Crippen LogP contribution in [-0.2, 0) is 11.0 Å². The number of hydrogen-bond acceptors (Lipinski definition) is 4. The second kappa shape index (κ2) is 10.3. The molecule has 4 fully saturated rings. The van der Waals surface area contributed by atoms with Crippen LogP contribution in [0.15, 0.2) is 42.5 Å². The molecule has 6 rings (SSSR count). The fourth-order valence-corrected chi connectivity index (χ4v) is 7.47. The van der Waals surface area contributed by atoms with Gasteiger partial charge in [0.1, 0.15) is 0 Å². The summed E-state index contributed by atoms with van der Waals surface area (Å²) in [4.78, 5) is 30.7. The Morgan fingerprint density at radius 2 is 1.56 bits per heavy atom. The molecule has 3 heterocycles. The van der Waals surface area contributed by atoms with Crippen LogP contribution in [0.25, 0.3) is 11.1 Å². The van der Waals surface area contributed by atoms with E-state index in [1.807, 2.05) is 11.8 Å². The van der Waals surface area contributed by atoms with E-state index in [1.165, 1.54) is 30.3 Å². The quantitative estimate of drug-likeness (QED) is 0.474. The van der Waals surface area contributed by atoms with Crippen molar-refractivity contribution in [2.45, 2.75) is 50.5 Å². The number of aromatic carboxylic acids is 1. The van der Waals surface area contributed by atoms with E-state index in [-0.39, 0.29) is 29.9 Å². The van der Waals surface area contributed by atoms with Crippen LogP contribution in [0, 0.1) is 17.8 Å². The number of likely N-dealkylation sites (tertiary alicyclic amines) is 2. The number of alkyl halides is 4. The Labute approximate surface area is 236 Å². The second-order valence-corrected chi connectivity index (χ2v) is 12.4. The number of fused-ring (bicyclic) bond motifs is 1. The van der Waals surface area contributed by atoms with Crippen molar-refractivity contribution in [3.8, 4) is 11.1 Å². The maximum absolute atomic E-state index is 16.3. The van der Waals surface area contributed by atoms with Crippen LogP contribution >= 0.6 is 0 Å². The predicted molar refractivity (Wildman–Crippen MR) is 146 cm³/mol. The SMILES string of the molecule is C[C@@H]1CN(C2CCCC2)C[C@@]1(F)C(=O)N1C[C@@H]2CN(c3ccc(C(F)(F)F)cc3-c3ccc(C(=O)O)cc3)C[C@@H]2C1. The number of rotatable bonds is 5. The van der Waals surface area contributed by atoms with Crippen LogP contribution < -0.4 is 4.90 Å². The number of carbonyl (C=O) groups excluding carboxylic acids is 1. The molecule has 41 heavy (non-hydrogen) atoms. The minimum atomic E-state index is -4.52. The predicted octanol–water partition coefficient (Wildman–Crippen LogP) is 5.57. The maximum atomic E-state index is 16.3. The van der Waals surface area contributed by atoms with E-state index in [4.69, 9.17) is 0 Å². The van der Waals surface area contributed by atoms with E-state index < -0.39 is 29.3 Å². The molecule has 3 aliphatic heterocycles. The summed E-state index contributed by atoms with van der Waals surface area (Å²) in [7, 11) is 0. The number of halogens is 4. The standard InChI is InChI=1S/C31H35F4N3O3/c1-19-13-38(25-4-2-3-5-25)18-30(19,32)29(41)37-16-22-14-36(15-23(22)17-37)27-11-10-24(31(33,34)35)12-26(27)20-6-8-21(9-7-20)28(39)40/h6-12,19,22-23,25H,2-5,13-18H2,1H3,(H,39,40)/t19-,22-,23+,30+/m1/s1. The summed E-state index contributed by atoms with van der Waals surface area (Å²) < 4.78 is 57.1. The number of carboxylic acids is 1. The van der Waals surface area contributed by atoms with Crippen molar-refractivity contribution in [3.63, 3.8) is 0 Å². The van der Waals surface area contributed by atoms with Crippen LogP contribution in [0.4, 0.5) is 23.2 Å². The molecule has 2 aromatic rings. The number of carbonyl (C=O) groups is 2. The van der Waals surface area contributed by atoms with Gasteiger partial charge in [0.25, 0.3) is 5.91 Å². The second-order valence-electron chi connectivity index (χ2n) is 12.4. The van der Waals surface area contributed by atoms with Gasteiger partial charge in [0.2, 0.25) is 5.67 Å². The first kappa shape index (κ1) is 28.0. The van der Waals surface area contributed by atoms with E-state index in [9.17, 15) is 27.9 Å². The lowest BCUT2D eigenvalue weighted by atomic mass is 9.93. The first-order valence-electron chi connectivity index (χ1n) is 14.5. The molecule has 1 amide bonds. The number of amides is 1. The largest absolute Gasteiger partial charge is 0.478 e. The van der Waals surface area contributed by atoms with Crippen LogP contribution in [0.3, 0.4) is 0 Å². The molecule has 0 aromatic heterocycles. The van der Waals surface area contributed by atoms with Crippen molar-refractivity contribution < 1.29 is 32.3 Å². The summed E-state index contributed by atoms with van der Waals surface area (Å²) in [5.41, 5.74) is -1.11. The Kier molecular flexibility index (Phi) is 7.03. The summed E-state index contributed by atoms with van der Waals surface area (Å²) in [6.07, 6.45) is -0.0809. The van der Waals surface area contributed by atoms with Gasteiger partial charge in [0, 0.05) is 74.3 Å². The molecule has 220 valence electrons. The summed E-state index contributed by atoms with van der Waals surface area (Å²) in [5.74, 6) is -1.71. The highest BCUT2D eigenvalue weighted by Crippen LogP contribution is 2.43. The third-order valence-electron chi connectivity index (χ3n) is 9.80. The van der Waals surface area contributed by atoms with Gasteiger partial charge in [-0.3, -0.25) is 9.69 Å². The molecule has 0 radical (unpaired) electrons. The minimum absolute atomic E-state index is 0.0521. The number of benzene rings is 2. The average molecular weight is 574 g/mol. The highest BCUT2D eigenvalue weighted by Gasteiger charge is 2.56. The Hall–Kier alpha value is -3.14. The fourth-order valence-electron chi connectivity index (χ4n) is 7.47. The zero-order chi connectivity index (χ0) is 29.1. The molecular formula is C31H35F4N3O3. The van der Waals surface area contributed by atoms with Crippen molar-refractivity contribution in [2.24, 2.45) is 17.8 Å². The number of carboxylic acid groups (broad SMARTS) is 1. The van der Waals surface area contributed by atoms with Crippen LogP contribution in [0.1, 0.15) is 48.5 Å². The van der Waals surface area contributed by atoms with E-state index in [1.54, 1.807) is 4.90 Å². The molecule has 2 aromatic carbocycles.